The lowest BCUT2D eigenvalue weighted by Crippen LogP contribution is -2.38. The van der Waals surface area contributed by atoms with E-state index in [-0.39, 0.29) is 11.3 Å². The number of halogens is 1. The molecule has 2 rings (SSSR count). The predicted molar refractivity (Wildman–Crippen MR) is 55.3 cm³/mol. The summed E-state index contributed by atoms with van der Waals surface area (Å²) >= 11 is 5.89. The van der Waals surface area contributed by atoms with E-state index in [2.05, 4.69) is 19.9 Å². The van der Waals surface area contributed by atoms with Crippen LogP contribution in [0, 0.1) is 0 Å². The summed E-state index contributed by atoms with van der Waals surface area (Å²) in [5, 5.41) is -0.236. The van der Waals surface area contributed by atoms with Gasteiger partial charge in [-0.25, -0.2) is 0 Å². The highest BCUT2D eigenvalue weighted by atomic mass is 35.5. The van der Waals surface area contributed by atoms with Crippen molar-refractivity contribution in [1.82, 2.24) is 15.0 Å². The van der Waals surface area contributed by atoms with E-state index >= 15 is 0 Å². The first kappa shape index (κ1) is 9.45. The van der Waals surface area contributed by atoms with E-state index in [1.807, 2.05) is 6.92 Å². The van der Waals surface area contributed by atoms with Crippen molar-refractivity contribution in [3.63, 3.8) is 0 Å². The van der Waals surface area contributed by atoms with Crippen LogP contribution in [0.25, 0.3) is 0 Å². The topological polar surface area (TPSA) is 67.9 Å². The summed E-state index contributed by atoms with van der Waals surface area (Å²) in [5.41, 5.74) is 5.57. The third kappa shape index (κ3) is 1.72. The predicted octanol–water partition coefficient (Wildman–Crippen LogP) is 0.964. The Bertz CT molecular complexity index is 337. The minimum Gasteiger partial charge on any atom is -0.368 e. The standard InChI is InChI=1S/C8H12ClN5/c1-5(9)6-11-7(10)13-8(12-6)14-3-2-4-14/h5H,2-4H2,1H3,(H2,10,11,12,13). The van der Waals surface area contributed by atoms with Crippen molar-refractivity contribution in [3.05, 3.63) is 5.82 Å². The lowest BCUT2D eigenvalue weighted by Gasteiger charge is -2.30. The molecule has 6 heteroatoms. The van der Waals surface area contributed by atoms with Crippen LogP contribution in [0.4, 0.5) is 11.9 Å². The molecular weight excluding hydrogens is 202 g/mol. The maximum Gasteiger partial charge on any atom is 0.230 e. The number of rotatable bonds is 2. The van der Waals surface area contributed by atoms with E-state index < -0.39 is 0 Å². The van der Waals surface area contributed by atoms with E-state index in [4.69, 9.17) is 17.3 Å². The second-order valence-electron chi connectivity index (χ2n) is 3.31. The van der Waals surface area contributed by atoms with Gasteiger partial charge in [-0.1, -0.05) is 0 Å². The second-order valence-corrected chi connectivity index (χ2v) is 3.96. The van der Waals surface area contributed by atoms with Crippen LogP contribution in [0.5, 0.6) is 0 Å². The van der Waals surface area contributed by atoms with Crippen LogP contribution >= 0.6 is 11.6 Å². The Morgan fingerprint density at radius 1 is 1.36 bits per heavy atom. The first-order chi connectivity index (χ1) is 6.66. The van der Waals surface area contributed by atoms with Gasteiger partial charge < -0.3 is 10.6 Å². The summed E-state index contributed by atoms with van der Waals surface area (Å²) in [5.74, 6) is 1.43. The molecule has 76 valence electrons. The summed E-state index contributed by atoms with van der Waals surface area (Å²) in [6.07, 6.45) is 1.18. The summed E-state index contributed by atoms with van der Waals surface area (Å²) < 4.78 is 0. The van der Waals surface area contributed by atoms with Gasteiger partial charge in [-0.2, -0.15) is 15.0 Å². The van der Waals surface area contributed by atoms with Gasteiger partial charge in [0.2, 0.25) is 11.9 Å². The molecule has 0 aromatic carbocycles. The van der Waals surface area contributed by atoms with Gasteiger partial charge in [0, 0.05) is 13.1 Å². The lowest BCUT2D eigenvalue weighted by atomic mass is 10.2. The van der Waals surface area contributed by atoms with Crippen molar-refractivity contribution in [1.29, 1.82) is 0 Å². The molecule has 0 amide bonds. The van der Waals surface area contributed by atoms with Crippen LogP contribution in [-0.4, -0.2) is 28.0 Å². The molecule has 1 aliphatic rings. The molecule has 1 aromatic heterocycles. The molecule has 0 radical (unpaired) electrons. The lowest BCUT2D eigenvalue weighted by molar-refractivity contribution is 0.596. The normalized spacial score (nSPS) is 17.7. The van der Waals surface area contributed by atoms with Gasteiger partial charge in [-0.15, -0.1) is 11.6 Å². The van der Waals surface area contributed by atoms with E-state index in [1.54, 1.807) is 0 Å². The fourth-order valence-corrected chi connectivity index (χ4v) is 1.33. The van der Waals surface area contributed by atoms with Crippen molar-refractivity contribution >= 4 is 23.5 Å². The quantitative estimate of drug-likeness (QED) is 0.742. The van der Waals surface area contributed by atoms with Crippen molar-refractivity contribution in [3.8, 4) is 0 Å². The number of nitrogens with zero attached hydrogens (tertiary/aromatic N) is 4. The highest BCUT2D eigenvalue weighted by Crippen LogP contribution is 2.20. The number of nitrogen functional groups attached to an aromatic ring is 1. The van der Waals surface area contributed by atoms with Gasteiger partial charge >= 0.3 is 0 Å². The molecule has 0 spiro atoms. The van der Waals surface area contributed by atoms with Crippen LogP contribution in [0.3, 0.4) is 0 Å². The molecular formula is C8H12ClN5. The molecule has 1 unspecified atom stereocenters. The molecule has 0 bridgehead atoms. The Morgan fingerprint density at radius 2 is 2.07 bits per heavy atom. The molecule has 5 nitrogen and oxygen atoms in total. The molecule has 0 saturated carbocycles. The molecule has 2 heterocycles. The second kappa shape index (κ2) is 3.57. The average molecular weight is 214 g/mol. The Kier molecular flexibility index (Phi) is 2.41. The van der Waals surface area contributed by atoms with Gasteiger partial charge in [0.05, 0.1) is 5.38 Å². The van der Waals surface area contributed by atoms with Crippen LogP contribution in [-0.2, 0) is 0 Å². The van der Waals surface area contributed by atoms with E-state index in [0.29, 0.717) is 11.8 Å². The average Bonchev–Trinajstić information content (AvgIpc) is 1.99. The van der Waals surface area contributed by atoms with E-state index in [1.165, 1.54) is 6.42 Å². The summed E-state index contributed by atoms with van der Waals surface area (Å²) in [6, 6.07) is 0. The van der Waals surface area contributed by atoms with Crippen LogP contribution in [0.2, 0.25) is 0 Å². The van der Waals surface area contributed by atoms with Crippen molar-refractivity contribution < 1.29 is 0 Å². The molecule has 0 aliphatic carbocycles. The van der Waals surface area contributed by atoms with Crippen molar-refractivity contribution in [2.75, 3.05) is 23.7 Å². The minimum atomic E-state index is -0.236. The number of nitrogens with two attached hydrogens (primary N) is 1. The zero-order valence-corrected chi connectivity index (χ0v) is 8.70. The Balaban J connectivity index is 2.30. The Labute approximate surface area is 87.3 Å². The molecule has 1 aliphatic heterocycles. The Morgan fingerprint density at radius 3 is 2.57 bits per heavy atom. The number of hydrogen-bond donors (Lipinski definition) is 1. The van der Waals surface area contributed by atoms with Crippen LogP contribution < -0.4 is 10.6 Å². The SMILES string of the molecule is CC(Cl)c1nc(N)nc(N2CCC2)n1. The van der Waals surface area contributed by atoms with Crippen molar-refractivity contribution in [2.45, 2.75) is 18.7 Å². The summed E-state index contributed by atoms with van der Waals surface area (Å²) in [6.45, 7) is 3.79. The number of hydrogen-bond acceptors (Lipinski definition) is 5. The van der Waals surface area contributed by atoms with Gasteiger partial charge in [0.1, 0.15) is 0 Å². The zero-order chi connectivity index (χ0) is 10.1. The summed E-state index contributed by atoms with van der Waals surface area (Å²) in [7, 11) is 0. The van der Waals surface area contributed by atoms with Crippen molar-refractivity contribution in [2.24, 2.45) is 0 Å². The van der Waals surface area contributed by atoms with Gasteiger partial charge in [-0.05, 0) is 13.3 Å². The number of anilines is 2. The highest BCUT2D eigenvalue weighted by Gasteiger charge is 2.19. The Hall–Kier alpha value is -1.10. The van der Waals surface area contributed by atoms with Crippen LogP contribution in [0.15, 0.2) is 0 Å². The zero-order valence-electron chi connectivity index (χ0n) is 7.94. The van der Waals surface area contributed by atoms with Gasteiger partial charge in [-0.3, -0.25) is 0 Å². The molecule has 14 heavy (non-hydrogen) atoms. The first-order valence-corrected chi connectivity index (χ1v) is 5.01. The summed E-state index contributed by atoms with van der Waals surface area (Å²) in [4.78, 5) is 14.3. The third-order valence-corrected chi connectivity index (χ3v) is 2.35. The largest absolute Gasteiger partial charge is 0.368 e. The first-order valence-electron chi connectivity index (χ1n) is 4.57. The molecule has 2 N–H and O–H groups in total. The third-order valence-electron chi connectivity index (χ3n) is 2.15. The smallest absolute Gasteiger partial charge is 0.230 e. The van der Waals surface area contributed by atoms with Gasteiger partial charge in [0.25, 0.3) is 0 Å². The van der Waals surface area contributed by atoms with E-state index in [0.717, 1.165) is 13.1 Å². The van der Waals surface area contributed by atoms with Crippen LogP contribution in [0.1, 0.15) is 24.5 Å². The fourth-order valence-electron chi connectivity index (χ4n) is 1.23. The molecule has 1 atom stereocenters. The maximum absolute atomic E-state index is 5.89. The minimum absolute atomic E-state index is 0.236. The molecule has 1 aromatic rings. The maximum atomic E-state index is 5.89. The van der Waals surface area contributed by atoms with E-state index in [9.17, 15) is 0 Å². The number of alkyl halides is 1. The number of aromatic nitrogens is 3. The molecule has 1 fully saturated rings. The van der Waals surface area contributed by atoms with Gasteiger partial charge in [0.15, 0.2) is 5.82 Å². The molecule has 1 saturated heterocycles. The highest BCUT2D eigenvalue weighted by molar-refractivity contribution is 6.20. The monoisotopic (exact) mass is 213 g/mol. The fraction of sp³-hybridized carbons (Fsp3) is 0.625.